The van der Waals surface area contributed by atoms with Crippen molar-refractivity contribution in [2.45, 2.75) is 63.9 Å². The molecule has 0 aromatic rings. The molecule has 13 heavy (non-hydrogen) atoms. The van der Waals surface area contributed by atoms with E-state index in [2.05, 4.69) is 0 Å². The number of hydrogen-bond acceptors (Lipinski definition) is 0. The van der Waals surface area contributed by atoms with Crippen molar-refractivity contribution in [3.63, 3.8) is 0 Å². The Kier molecular flexibility index (Phi) is 3.26. The second-order valence-corrected chi connectivity index (χ2v) is 4.97. The van der Waals surface area contributed by atoms with E-state index < -0.39 is 0 Å². The molecule has 1 unspecified atom stereocenters. The summed E-state index contributed by atoms with van der Waals surface area (Å²) in [5.41, 5.74) is 0. The van der Waals surface area contributed by atoms with Gasteiger partial charge >= 0.3 is 0 Å². The Hall–Kier alpha value is -0.0400. The maximum Gasteiger partial charge on any atom is 0.0960 e. The van der Waals surface area contributed by atoms with Crippen LogP contribution in [0.4, 0.5) is 0 Å². The summed E-state index contributed by atoms with van der Waals surface area (Å²) in [5, 5.41) is 11.9. The van der Waals surface area contributed by atoms with Crippen LogP contribution in [0.15, 0.2) is 0 Å². The summed E-state index contributed by atoms with van der Waals surface area (Å²) in [6.07, 6.45) is 11.3. The second kappa shape index (κ2) is 4.45. The smallest absolute Gasteiger partial charge is 0.0960 e. The van der Waals surface area contributed by atoms with Gasteiger partial charge in [0.2, 0.25) is 0 Å². The summed E-state index contributed by atoms with van der Waals surface area (Å²) in [5.74, 6) is 1.34. The fraction of sp³-hybridized carbons (Fsp3) is 1.00. The molecule has 0 spiro atoms. The molecule has 1 atom stereocenters. The van der Waals surface area contributed by atoms with Gasteiger partial charge in [-0.05, 0) is 31.1 Å². The lowest BCUT2D eigenvalue weighted by Crippen LogP contribution is -2.19. The lowest BCUT2D eigenvalue weighted by Gasteiger charge is -2.18. The minimum atomic E-state index is -0.217. The van der Waals surface area contributed by atoms with Gasteiger partial charge in [-0.2, -0.15) is 0 Å². The highest BCUT2D eigenvalue weighted by molar-refractivity contribution is 4.78. The molecule has 0 saturated heterocycles. The van der Waals surface area contributed by atoms with Crippen LogP contribution in [0.2, 0.25) is 0 Å². The van der Waals surface area contributed by atoms with Crippen LogP contribution in [0.1, 0.15) is 57.8 Å². The Morgan fingerprint density at radius 3 is 2.08 bits per heavy atom. The van der Waals surface area contributed by atoms with Crippen LogP contribution < -0.4 is 0 Å². The fourth-order valence-electron chi connectivity index (χ4n) is 3.10. The van der Waals surface area contributed by atoms with E-state index in [0.29, 0.717) is 5.92 Å². The first kappa shape index (κ1) is 9.51. The molecule has 0 heterocycles. The highest BCUT2D eigenvalue weighted by atomic mass is 16.3. The summed E-state index contributed by atoms with van der Waals surface area (Å²) in [6.45, 7) is 0. The Bertz CT molecular complexity index is 143. The third kappa shape index (κ3) is 2.46. The van der Waals surface area contributed by atoms with E-state index in [1.54, 1.807) is 0 Å². The Labute approximate surface area is 81.5 Å². The normalized spacial score (nSPS) is 28.4. The molecule has 0 aromatic carbocycles. The van der Waals surface area contributed by atoms with Crippen molar-refractivity contribution in [2.75, 3.05) is 0 Å². The van der Waals surface area contributed by atoms with Crippen molar-refractivity contribution in [1.82, 2.24) is 0 Å². The van der Waals surface area contributed by atoms with Crippen LogP contribution in [-0.2, 0) is 5.11 Å². The zero-order valence-corrected chi connectivity index (χ0v) is 8.50. The minimum Gasteiger partial charge on any atom is -0.233 e. The van der Waals surface area contributed by atoms with E-state index in [0.717, 1.165) is 12.3 Å². The van der Waals surface area contributed by atoms with Crippen LogP contribution >= 0.6 is 0 Å². The Morgan fingerprint density at radius 1 is 0.923 bits per heavy atom. The molecule has 2 rings (SSSR count). The SMILES string of the molecule is [O]C(CC1CCCC1)C1CCCC1. The predicted molar refractivity (Wildman–Crippen MR) is 53.0 cm³/mol. The van der Waals surface area contributed by atoms with Gasteiger partial charge < -0.3 is 0 Å². The van der Waals surface area contributed by atoms with Crippen molar-refractivity contribution in [2.24, 2.45) is 11.8 Å². The largest absolute Gasteiger partial charge is 0.233 e. The van der Waals surface area contributed by atoms with E-state index >= 15 is 0 Å². The van der Waals surface area contributed by atoms with Crippen LogP contribution in [0, 0.1) is 11.8 Å². The summed E-state index contributed by atoms with van der Waals surface area (Å²) in [6, 6.07) is 0. The molecule has 0 aliphatic heterocycles. The Morgan fingerprint density at radius 2 is 1.46 bits per heavy atom. The molecule has 2 aliphatic rings. The molecule has 0 N–H and O–H groups in total. The van der Waals surface area contributed by atoms with E-state index in [9.17, 15) is 5.11 Å². The lowest BCUT2D eigenvalue weighted by molar-refractivity contribution is 0.0197. The highest BCUT2D eigenvalue weighted by Crippen LogP contribution is 2.35. The first-order chi connectivity index (χ1) is 6.36. The number of hydrogen-bond donors (Lipinski definition) is 0. The molecule has 0 aromatic heterocycles. The zero-order chi connectivity index (χ0) is 9.10. The Balaban J connectivity index is 1.73. The first-order valence-corrected chi connectivity index (χ1v) is 6.02. The molecule has 0 amide bonds. The average Bonchev–Trinajstić information content (AvgIpc) is 2.74. The molecular formula is C12H21O. The van der Waals surface area contributed by atoms with Crippen LogP contribution in [-0.4, -0.2) is 6.10 Å². The summed E-state index contributed by atoms with van der Waals surface area (Å²) in [4.78, 5) is 0. The van der Waals surface area contributed by atoms with Crippen LogP contribution in [0.5, 0.6) is 0 Å². The maximum atomic E-state index is 11.9. The first-order valence-electron chi connectivity index (χ1n) is 6.02. The zero-order valence-electron chi connectivity index (χ0n) is 8.50. The molecule has 1 nitrogen and oxygen atoms in total. The topological polar surface area (TPSA) is 19.9 Å². The van der Waals surface area contributed by atoms with Gasteiger partial charge in [-0.15, -0.1) is 0 Å². The van der Waals surface area contributed by atoms with Crippen molar-refractivity contribution in [3.8, 4) is 0 Å². The molecule has 2 fully saturated rings. The van der Waals surface area contributed by atoms with Gasteiger partial charge in [0.25, 0.3) is 0 Å². The molecule has 0 bridgehead atoms. The molecular weight excluding hydrogens is 160 g/mol. The third-order valence-corrected chi connectivity index (χ3v) is 3.97. The fourth-order valence-corrected chi connectivity index (χ4v) is 3.10. The standard InChI is InChI=1S/C12H21O/c13-12(11-7-3-4-8-11)9-10-5-1-2-6-10/h10-12H,1-9H2. The van der Waals surface area contributed by atoms with Gasteiger partial charge in [-0.25, -0.2) is 5.11 Å². The van der Waals surface area contributed by atoms with Gasteiger partial charge in [0.15, 0.2) is 0 Å². The summed E-state index contributed by atoms with van der Waals surface area (Å²) in [7, 11) is 0. The predicted octanol–water partition coefficient (Wildman–Crippen LogP) is 3.56. The average molecular weight is 181 g/mol. The minimum absolute atomic E-state index is 0.217. The van der Waals surface area contributed by atoms with Gasteiger partial charge in [0, 0.05) is 0 Å². The van der Waals surface area contributed by atoms with Gasteiger partial charge in [-0.1, -0.05) is 38.5 Å². The van der Waals surface area contributed by atoms with E-state index in [4.69, 9.17) is 0 Å². The van der Waals surface area contributed by atoms with E-state index in [-0.39, 0.29) is 6.10 Å². The van der Waals surface area contributed by atoms with Gasteiger partial charge in [0.1, 0.15) is 0 Å². The molecule has 1 heteroatoms. The van der Waals surface area contributed by atoms with Gasteiger partial charge in [0.05, 0.1) is 6.10 Å². The lowest BCUT2D eigenvalue weighted by atomic mass is 9.91. The van der Waals surface area contributed by atoms with E-state index in [1.165, 1.54) is 51.4 Å². The van der Waals surface area contributed by atoms with Crippen molar-refractivity contribution >= 4 is 0 Å². The maximum absolute atomic E-state index is 11.9. The quantitative estimate of drug-likeness (QED) is 0.634. The third-order valence-electron chi connectivity index (χ3n) is 3.97. The molecule has 1 radical (unpaired) electrons. The summed E-state index contributed by atoms with van der Waals surface area (Å²) >= 11 is 0. The van der Waals surface area contributed by atoms with Crippen LogP contribution in [0.3, 0.4) is 0 Å². The van der Waals surface area contributed by atoms with E-state index in [1.807, 2.05) is 0 Å². The second-order valence-electron chi connectivity index (χ2n) is 4.97. The molecule has 2 saturated carbocycles. The van der Waals surface area contributed by atoms with Crippen molar-refractivity contribution < 1.29 is 5.11 Å². The molecule has 2 aliphatic carbocycles. The van der Waals surface area contributed by atoms with Crippen molar-refractivity contribution in [1.29, 1.82) is 0 Å². The highest BCUT2D eigenvalue weighted by Gasteiger charge is 2.27. The van der Waals surface area contributed by atoms with Crippen molar-refractivity contribution in [3.05, 3.63) is 0 Å². The van der Waals surface area contributed by atoms with Gasteiger partial charge in [-0.3, -0.25) is 0 Å². The number of rotatable bonds is 3. The summed E-state index contributed by atoms with van der Waals surface area (Å²) < 4.78 is 0. The molecule has 75 valence electrons. The van der Waals surface area contributed by atoms with Crippen LogP contribution in [0.25, 0.3) is 0 Å². The monoisotopic (exact) mass is 181 g/mol.